The van der Waals surface area contributed by atoms with Crippen LogP contribution in [-0.2, 0) is 4.79 Å². The summed E-state index contributed by atoms with van der Waals surface area (Å²) in [6.45, 7) is 2.15. The maximum absolute atomic E-state index is 11.0. The fourth-order valence-corrected chi connectivity index (χ4v) is 3.07. The molecule has 1 atom stereocenters. The predicted molar refractivity (Wildman–Crippen MR) is 54.1 cm³/mol. The summed E-state index contributed by atoms with van der Waals surface area (Å²) in [5.74, 6) is -0.649. The zero-order chi connectivity index (χ0) is 10.0. The van der Waals surface area contributed by atoms with Gasteiger partial charge in [0, 0.05) is 0 Å². The van der Waals surface area contributed by atoms with E-state index in [0.717, 1.165) is 32.4 Å². The van der Waals surface area contributed by atoms with Crippen LogP contribution in [0.15, 0.2) is 0 Å². The molecule has 1 saturated carbocycles. The monoisotopic (exact) mass is 197 g/mol. The van der Waals surface area contributed by atoms with Gasteiger partial charge in [-0.2, -0.15) is 0 Å². The molecule has 80 valence electrons. The lowest BCUT2D eigenvalue weighted by molar-refractivity contribution is -0.144. The average Bonchev–Trinajstić information content (AvgIpc) is 2.19. The van der Waals surface area contributed by atoms with Gasteiger partial charge in [0.15, 0.2) is 0 Å². The molecule has 0 aromatic heterocycles. The van der Waals surface area contributed by atoms with E-state index in [1.54, 1.807) is 0 Å². The van der Waals surface area contributed by atoms with Crippen LogP contribution in [0.25, 0.3) is 0 Å². The van der Waals surface area contributed by atoms with Crippen molar-refractivity contribution in [1.82, 2.24) is 5.32 Å². The van der Waals surface area contributed by atoms with Crippen LogP contribution in [0, 0.1) is 11.3 Å². The van der Waals surface area contributed by atoms with Crippen LogP contribution < -0.4 is 5.32 Å². The summed E-state index contributed by atoms with van der Waals surface area (Å²) in [5, 5.41) is 12.4. The molecule has 0 radical (unpaired) electrons. The molecule has 3 heteroatoms. The second-order valence-electron chi connectivity index (χ2n) is 4.88. The number of carbonyl (C=O) groups is 1. The first-order valence-corrected chi connectivity index (χ1v) is 5.65. The van der Waals surface area contributed by atoms with Crippen LogP contribution >= 0.6 is 0 Å². The molecule has 0 amide bonds. The number of hydrogen-bond acceptors (Lipinski definition) is 2. The topological polar surface area (TPSA) is 49.3 Å². The third-order valence-electron chi connectivity index (χ3n) is 3.95. The molecule has 0 aromatic carbocycles. The van der Waals surface area contributed by atoms with Crippen molar-refractivity contribution in [3.05, 3.63) is 0 Å². The molecular weight excluding hydrogens is 178 g/mol. The highest BCUT2D eigenvalue weighted by Crippen LogP contribution is 2.45. The Kier molecular flexibility index (Phi) is 2.77. The molecule has 1 unspecified atom stereocenters. The first kappa shape index (κ1) is 9.97. The highest BCUT2D eigenvalue weighted by Gasteiger charge is 2.39. The van der Waals surface area contributed by atoms with Gasteiger partial charge in [0.25, 0.3) is 0 Å². The summed E-state index contributed by atoms with van der Waals surface area (Å²) < 4.78 is 0. The molecule has 2 rings (SSSR count). The maximum Gasteiger partial charge on any atom is 0.306 e. The first-order valence-electron chi connectivity index (χ1n) is 5.65. The first-order chi connectivity index (χ1) is 6.72. The van der Waals surface area contributed by atoms with Crippen LogP contribution in [0.3, 0.4) is 0 Å². The Labute approximate surface area is 84.9 Å². The number of hydrogen-bond donors (Lipinski definition) is 2. The number of aliphatic carboxylic acids is 1. The molecule has 2 N–H and O–H groups in total. The van der Waals surface area contributed by atoms with Crippen molar-refractivity contribution >= 4 is 5.97 Å². The largest absolute Gasteiger partial charge is 0.481 e. The van der Waals surface area contributed by atoms with Crippen molar-refractivity contribution < 1.29 is 9.90 Å². The minimum atomic E-state index is -0.581. The standard InChI is InChI=1S/C11H19NO2/c13-10(14)9-2-1-3-11(8-9)4-6-12-7-5-11/h9,12H,1-8H2,(H,13,14). The summed E-state index contributed by atoms with van der Waals surface area (Å²) in [6, 6.07) is 0. The van der Waals surface area contributed by atoms with Crippen LogP contribution in [0.2, 0.25) is 0 Å². The van der Waals surface area contributed by atoms with E-state index in [1.165, 1.54) is 19.3 Å². The van der Waals surface area contributed by atoms with Gasteiger partial charge in [-0.25, -0.2) is 0 Å². The second-order valence-corrected chi connectivity index (χ2v) is 4.88. The summed E-state index contributed by atoms with van der Waals surface area (Å²) in [6.07, 6.45) is 6.53. The van der Waals surface area contributed by atoms with E-state index in [0.29, 0.717) is 5.41 Å². The summed E-state index contributed by atoms with van der Waals surface area (Å²) in [7, 11) is 0. The molecule has 0 bridgehead atoms. The molecule has 1 aliphatic carbocycles. The summed E-state index contributed by atoms with van der Waals surface area (Å²) in [4.78, 5) is 11.0. The van der Waals surface area contributed by atoms with Crippen molar-refractivity contribution in [3.63, 3.8) is 0 Å². The van der Waals surface area contributed by atoms with Crippen molar-refractivity contribution in [2.45, 2.75) is 38.5 Å². The lowest BCUT2D eigenvalue weighted by atomic mass is 9.65. The van der Waals surface area contributed by atoms with Gasteiger partial charge in [0.2, 0.25) is 0 Å². The Morgan fingerprint density at radius 3 is 2.64 bits per heavy atom. The number of carboxylic acid groups (broad SMARTS) is 1. The van der Waals surface area contributed by atoms with Crippen molar-refractivity contribution in [2.24, 2.45) is 11.3 Å². The van der Waals surface area contributed by atoms with E-state index < -0.39 is 5.97 Å². The normalized spacial score (nSPS) is 31.6. The van der Waals surface area contributed by atoms with E-state index in [2.05, 4.69) is 5.32 Å². The smallest absolute Gasteiger partial charge is 0.306 e. The molecule has 1 heterocycles. The van der Waals surface area contributed by atoms with Gasteiger partial charge in [-0.15, -0.1) is 0 Å². The quantitative estimate of drug-likeness (QED) is 0.671. The molecule has 1 aliphatic heterocycles. The Balaban J connectivity index is 2.01. The zero-order valence-electron chi connectivity index (χ0n) is 8.59. The van der Waals surface area contributed by atoms with E-state index in [9.17, 15) is 4.79 Å². The molecule has 2 fully saturated rings. The Bertz CT molecular complexity index is 216. The number of nitrogens with one attached hydrogen (secondary N) is 1. The molecule has 14 heavy (non-hydrogen) atoms. The highest BCUT2D eigenvalue weighted by molar-refractivity contribution is 5.70. The van der Waals surface area contributed by atoms with Crippen LogP contribution in [0.4, 0.5) is 0 Å². The fraction of sp³-hybridized carbons (Fsp3) is 0.909. The molecule has 0 aromatic rings. The molecule has 1 saturated heterocycles. The third kappa shape index (κ3) is 1.92. The lowest BCUT2D eigenvalue weighted by Gasteiger charge is -2.42. The number of rotatable bonds is 1. The molecular formula is C11H19NO2. The van der Waals surface area contributed by atoms with Gasteiger partial charge in [-0.1, -0.05) is 6.42 Å². The third-order valence-corrected chi connectivity index (χ3v) is 3.95. The van der Waals surface area contributed by atoms with E-state index >= 15 is 0 Å². The van der Waals surface area contributed by atoms with Crippen molar-refractivity contribution in [1.29, 1.82) is 0 Å². The van der Waals surface area contributed by atoms with Crippen molar-refractivity contribution in [2.75, 3.05) is 13.1 Å². The lowest BCUT2D eigenvalue weighted by Crippen LogP contribution is -2.41. The zero-order valence-corrected chi connectivity index (χ0v) is 8.59. The van der Waals surface area contributed by atoms with Crippen LogP contribution in [-0.4, -0.2) is 24.2 Å². The Morgan fingerprint density at radius 2 is 2.00 bits per heavy atom. The molecule has 2 aliphatic rings. The van der Waals surface area contributed by atoms with Gasteiger partial charge >= 0.3 is 5.97 Å². The highest BCUT2D eigenvalue weighted by atomic mass is 16.4. The summed E-state index contributed by atoms with van der Waals surface area (Å²) in [5.41, 5.74) is 0.368. The van der Waals surface area contributed by atoms with Gasteiger partial charge in [0.1, 0.15) is 0 Å². The minimum Gasteiger partial charge on any atom is -0.481 e. The van der Waals surface area contributed by atoms with E-state index in [1.807, 2.05) is 0 Å². The number of carboxylic acids is 1. The van der Waals surface area contributed by atoms with E-state index in [-0.39, 0.29) is 5.92 Å². The van der Waals surface area contributed by atoms with E-state index in [4.69, 9.17) is 5.11 Å². The Morgan fingerprint density at radius 1 is 1.29 bits per heavy atom. The number of piperidine rings is 1. The predicted octanol–water partition coefficient (Wildman–Crippen LogP) is 1.63. The average molecular weight is 197 g/mol. The maximum atomic E-state index is 11.0. The second kappa shape index (κ2) is 3.89. The van der Waals surface area contributed by atoms with Gasteiger partial charge in [-0.05, 0) is 50.6 Å². The van der Waals surface area contributed by atoms with Gasteiger partial charge in [-0.3, -0.25) is 4.79 Å². The van der Waals surface area contributed by atoms with Crippen LogP contribution in [0.1, 0.15) is 38.5 Å². The van der Waals surface area contributed by atoms with Gasteiger partial charge < -0.3 is 10.4 Å². The SMILES string of the molecule is O=C(O)C1CCCC2(CCNCC2)C1. The minimum absolute atomic E-state index is 0.0677. The fourth-order valence-electron chi connectivity index (χ4n) is 3.07. The summed E-state index contributed by atoms with van der Waals surface area (Å²) >= 11 is 0. The van der Waals surface area contributed by atoms with Crippen LogP contribution in [0.5, 0.6) is 0 Å². The Hall–Kier alpha value is -0.570. The van der Waals surface area contributed by atoms with Gasteiger partial charge in [0.05, 0.1) is 5.92 Å². The van der Waals surface area contributed by atoms with Crippen molar-refractivity contribution in [3.8, 4) is 0 Å². The molecule has 1 spiro atoms. The molecule has 3 nitrogen and oxygen atoms in total.